The number of nitrogens with one attached hydrogen (secondary N) is 1. The minimum Gasteiger partial charge on any atom is -0.369 e. The third-order valence-corrected chi connectivity index (χ3v) is 4.40. The molecule has 0 fully saturated rings. The smallest absolute Gasteiger partial charge is 0.133 e. The van der Waals surface area contributed by atoms with Crippen molar-refractivity contribution in [1.82, 2.24) is 14.8 Å². The van der Waals surface area contributed by atoms with Gasteiger partial charge in [0.2, 0.25) is 0 Å². The van der Waals surface area contributed by atoms with Gasteiger partial charge in [-0.25, -0.2) is 4.68 Å². The number of pyridine rings is 1. The van der Waals surface area contributed by atoms with E-state index in [1.165, 1.54) is 16.7 Å². The molecule has 2 aromatic heterocycles. The minimum absolute atomic E-state index is 0.780. The minimum atomic E-state index is 0.780. The maximum atomic E-state index is 4.91. The molecule has 3 heterocycles. The van der Waals surface area contributed by atoms with E-state index in [1.54, 1.807) is 0 Å². The molecular weight excluding hydrogens is 284 g/mol. The maximum Gasteiger partial charge on any atom is 0.133 e. The number of anilines is 1. The molecule has 0 aliphatic carbocycles. The summed E-state index contributed by atoms with van der Waals surface area (Å²) in [5.74, 6) is 1.14. The lowest BCUT2D eigenvalue weighted by molar-refractivity contribution is 0.828. The standard InChI is InChI=1S/C19H20N4/c1-13-6-7-14(2)18(11-13)23-19-16(8-10-21-19)17(22-23)12-15-5-3-4-9-20-15/h3-7,9,11,21H,8,10,12H2,1-2H3. The maximum absolute atomic E-state index is 4.91. The zero-order chi connectivity index (χ0) is 15.8. The number of aryl methyl sites for hydroxylation is 2. The van der Waals surface area contributed by atoms with Crippen LogP contribution in [0.25, 0.3) is 5.69 Å². The Balaban J connectivity index is 1.80. The molecule has 1 aliphatic rings. The third-order valence-electron chi connectivity index (χ3n) is 4.40. The zero-order valence-electron chi connectivity index (χ0n) is 13.5. The molecule has 3 aromatic rings. The second kappa shape index (κ2) is 5.54. The molecule has 0 atom stereocenters. The summed E-state index contributed by atoms with van der Waals surface area (Å²) in [6.07, 6.45) is 3.65. The normalized spacial score (nSPS) is 13.0. The summed E-state index contributed by atoms with van der Waals surface area (Å²) < 4.78 is 2.07. The third kappa shape index (κ3) is 2.50. The van der Waals surface area contributed by atoms with E-state index in [0.29, 0.717) is 0 Å². The van der Waals surface area contributed by atoms with E-state index in [2.05, 4.69) is 53.1 Å². The first-order chi connectivity index (χ1) is 11.2. The number of fused-ring (bicyclic) bond motifs is 1. The van der Waals surface area contributed by atoms with Gasteiger partial charge in [-0.05, 0) is 49.6 Å². The van der Waals surface area contributed by atoms with Crippen molar-refractivity contribution in [1.29, 1.82) is 0 Å². The van der Waals surface area contributed by atoms with Gasteiger partial charge in [0.25, 0.3) is 0 Å². The fraction of sp³-hybridized carbons (Fsp3) is 0.263. The van der Waals surface area contributed by atoms with Crippen LogP contribution in [0.5, 0.6) is 0 Å². The monoisotopic (exact) mass is 304 g/mol. The Morgan fingerprint density at radius 3 is 2.91 bits per heavy atom. The van der Waals surface area contributed by atoms with Crippen molar-refractivity contribution in [2.24, 2.45) is 0 Å². The van der Waals surface area contributed by atoms with Crippen LogP contribution in [-0.4, -0.2) is 21.3 Å². The lowest BCUT2D eigenvalue weighted by Crippen LogP contribution is -2.07. The van der Waals surface area contributed by atoms with E-state index in [9.17, 15) is 0 Å². The number of benzene rings is 1. The van der Waals surface area contributed by atoms with Crippen LogP contribution < -0.4 is 5.32 Å². The highest BCUT2D eigenvalue weighted by atomic mass is 15.3. The summed E-state index contributed by atoms with van der Waals surface area (Å²) in [5, 5.41) is 8.41. The second-order valence-electron chi connectivity index (χ2n) is 6.15. The van der Waals surface area contributed by atoms with Crippen LogP contribution in [0, 0.1) is 13.8 Å². The summed E-state index contributed by atoms with van der Waals surface area (Å²) in [7, 11) is 0. The summed E-state index contributed by atoms with van der Waals surface area (Å²) in [6, 6.07) is 12.5. The van der Waals surface area contributed by atoms with Crippen LogP contribution in [-0.2, 0) is 12.8 Å². The SMILES string of the molecule is Cc1ccc(C)c(-n2nc(Cc3ccccn3)c3c2NCC3)c1. The van der Waals surface area contributed by atoms with Crippen molar-refractivity contribution in [3.05, 3.63) is 70.7 Å². The van der Waals surface area contributed by atoms with Gasteiger partial charge in [0.05, 0.1) is 11.4 Å². The molecule has 0 bridgehead atoms. The Kier molecular flexibility index (Phi) is 3.37. The van der Waals surface area contributed by atoms with Gasteiger partial charge in [0.1, 0.15) is 5.82 Å². The largest absolute Gasteiger partial charge is 0.369 e. The van der Waals surface area contributed by atoms with Crippen LogP contribution in [0.3, 0.4) is 0 Å². The van der Waals surface area contributed by atoms with Gasteiger partial charge in [0.15, 0.2) is 0 Å². The van der Waals surface area contributed by atoms with Crippen molar-refractivity contribution in [3.8, 4) is 5.69 Å². The molecule has 23 heavy (non-hydrogen) atoms. The lowest BCUT2D eigenvalue weighted by Gasteiger charge is -2.10. The van der Waals surface area contributed by atoms with Crippen molar-refractivity contribution in [2.45, 2.75) is 26.7 Å². The molecule has 0 amide bonds. The quantitative estimate of drug-likeness (QED) is 0.806. The van der Waals surface area contributed by atoms with E-state index in [4.69, 9.17) is 5.10 Å². The first kappa shape index (κ1) is 14.0. The summed E-state index contributed by atoms with van der Waals surface area (Å²) >= 11 is 0. The number of hydrogen-bond acceptors (Lipinski definition) is 3. The zero-order valence-corrected chi connectivity index (χ0v) is 13.5. The Labute approximate surface area is 136 Å². The van der Waals surface area contributed by atoms with Crippen LogP contribution in [0.2, 0.25) is 0 Å². The molecule has 4 nitrogen and oxygen atoms in total. The highest BCUT2D eigenvalue weighted by Gasteiger charge is 2.23. The molecule has 0 saturated carbocycles. The van der Waals surface area contributed by atoms with Gasteiger partial charge >= 0.3 is 0 Å². The number of nitrogens with zero attached hydrogens (tertiary/aromatic N) is 3. The number of rotatable bonds is 3. The van der Waals surface area contributed by atoms with Gasteiger partial charge in [-0.3, -0.25) is 4.98 Å². The van der Waals surface area contributed by atoms with Crippen molar-refractivity contribution >= 4 is 5.82 Å². The predicted molar refractivity (Wildman–Crippen MR) is 92.3 cm³/mol. The molecular formula is C19H20N4. The summed E-state index contributed by atoms with van der Waals surface area (Å²) in [6.45, 7) is 5.23. The molecule has 116 valence electrons. The van der Waals surface area contributed by atoms with Gasteiger partial charge in [-0.1, -0.05) is 18.2 Å². The van der Waals surface area contributed by atoms with Crippen LogP contribution >= 0.6 is 0 Å². The van der Waals surface area contributed by atoms with Crippen LogP contribution in [0.1, 0.15) is 28.1 Å². The van der Waals surface area contributed by atoms with Gasteiger partial charge in [0, 0.05) is 30.4 Å². The van der Waals surface area contributed by atoms with Crippen LogP contribution in [0.15, 0.2) is 42.6 Å². The molecule has 0 spiro atoms. The summed E-state index contributed by atoms with van der Waals surface area (Å²) in [4.78, 5) is 4.44. The lowest BCUT2D eigenvalue weighted by atomic mass is 10.1. The van der Waals surface area contributed by atoms with E-state index in [0.717, 1.165) is 42.3 Å². The Morgan fingerprint density at radius 1 is 1.17 bits per heavy atom. The van der Waals surface area contributed by atoms with E-state index < -0.39 is 0 Å². The average Bonchev–Trinajstić information content (AvgIpc) is 3.15. The Bertz CT molecular complexity index is 849. The topological polar surface area (TPSA) is 42.7 Å². The summed E-state index contributed by atoms with van der Waals surface area (Å²) in [5.41, 5.74) is 7.16. The number of aromatic nitrogens is 3. The fourth-order valence-corrected chi connectivity index (χ4v) is 3.18. The molecule has 4 heteroatoms. The number of hydrogen-bond donors (Lipinski definition) is 1. The highest BCUT2D eigenvalue weighted by Crippen LogP contribution is 2.31. The molecule has 0 unspecified atom stereocenters. The second-order valence-corrected chi connectivity index (χ2v) is 6.15. The van der Waals surface area contributed by atoms with Gasteiger partial charge in [-0.2, -0.15) is 5.10 Å². The molecule has 1 aromatic carbocycles. The van der Waals surface area contributed by atoms with E-state index in [1.807, 2.05) is 18.3 Å². The highest BCUT2D eigenvalue weighted by molar-refractivity contribution is 5.59. The van der Waals surface area contributed by atoms with Gasteiger partial charge < -0.3 is 5.32 Å². The van der Waals surface area contributed by atoms with E-state index >= 15 is 0 Å². The Morgan fingerprint density at radius 2 is 2.09 bits per heavy atom. The van der Waals surface area contributed by atoms with Crippen molar-refractivity contribution < 1.29 is 0 Å². The first-order valence-corrected chi connectivity index (χ1v) is 8.04. The molecule has 4 rings (SSSR count). The molecule has 0 radical (unpaired) electrons. The van der Waals surface area contributed by atoms with Crippen molar-refractivity contribution in [2.75, 3.05) is 11.9 Å². The van der Waals surface area contributed by atoms with E-state index in [-0.39, 0.29) is 0 Å². The van der Waals surface area contributed by atoms with Crippen LogP contribution in [0.4, 0.5) is 5.82 Å². The first-order valence-electron chi connectivity index (χ1n) is 8.04. The fourth-order valence-electron chi connectivity index (χ4n) is 3.18. The average molecular weight is 304 g/mol. The predicted octanol–water partition coefficient (Wildman–Crippen LogP) is 3.44. The molecule has 1 aliphatic heterocycles. The molecule has 0 saturated heterocycles. The molecule has 1 N–H and O–H groups in total. The van der Waals surface area contributed by atoms with Crippen molar-refractivity contribution in [3.63, 3.8) is 0 Å². The Hall–Kier alpha value is -2.62. The van der Waals surface area contributed by atoms with Gasteiger partial charge in [-0.15, -0.1) is 0 Å².